The number of aliphatic hydroxyl groups excluding tert-OH is 1. The van der Waals surface area contributed by atoms with E-state index in [4.69, 9.17) is 25.4 Å². The molecule has 1 saturated heterocycles. The molecule has 0 aliphatic carbocycles. The van der Waals surface area contributed by atoms with Crippen molar-refractivity contribution >= 4 is 11.8 Å². The second kappa shape index (κ2) is 19.8. The summed E-state index contributed by atoms with van der Waals surface area (Å²) in [6, 6.07) is 23.6. The van der Waals surface area contributed by atoms with Crippen molar-refractivity contribution in [3.05, 3.63) is 89.5 Å². The van der Waals surface area contributed by atoms with Crippen molar-refractivity contribution in [3.8, 4) is 29.6 Å². The maximum atomic E-state index is 13.2. The number of hydrogen-bond donors (Lipinski definition) is 2. The van der Waals surface area contributed by atoms with E-state index in [1.165, 1.54) is 0 Å². The maximum absolute atomic E-state index is 13.2. The quantitative estimate of drug-likeness (QED) is 0.0790. The number of rotatable bonds is 20. The summed E-state index contributed by atoms with van der Waals surface area (Å²) in [5.41, 5.74) is 1.13. The molecule has 4 rings (SSSR count). The summed E-state index contributed by atoms with van der Waals surface area (Å²) >= 11 is 0. The highest BCUT2D eigenvalue weighted by molar-refractivity contribution is 5.76. The van der Waals surface area contributed by atoms with Crippen molar-refractivity contribution in [2.45, 2.75) is 69.8 Å². The highest BCUT2D eigenvalue weighted by Crippen LogP contribution is 2.44. The normalized spacial score (nSPS) is 14.0. The molecule has 0 bridgehead atoms. The van der Waals surface area contributed by atoms with E-state index in [9.17, 15) is 14.7 Å². The molecule has 1 aliphatic rings. The van der Waals surface area contributed by atoms with Gasteiger partial charge in [-0.1, -0.05) is 42.8 Å². The minimum absolute atomic E-state index is 0.0574. The van der Waals surface area contributed by atoms with Crippen LogP contribution >= 0.6 is 0 Å². The number of likely N-dealkylation sites (tertiary alicyclic amines) is 1. The van der Waals surface area contributed by atoms with Crippen molar-refractivity contribution < 1.29 is 33.6 Å². The molecule has 0 aromatic heterocycles. The lowest BCUT2D eigenvalue weighted by molar-refractivity contribution is -0.137. The van der Waals surface area contributed by atoms with Crippen LogP contribution < -0.4 is 19.5 Å². The first-order valence-electron chi connectivity index (χ1n) is 18.0. The number of methoxy groups -OCH3 is 3. The van der Waals surface area contributed by atoms with Gasteiger partial charge in [0.15, 0.2) is 0 Å². The van der Waals surface area contributed by atoms with Crippen LogP contribution in [-0.4, -0.2) is 76.0 Å². The van der Waals surface area contributed by atoms with Crippen LogP contribution in [0.1, 0.15) is 80.9 Å². The van der Waals surface area contributed by atoms with Gasteiger partial charge in [0, 0.05) is 44.3 Å². The summed E-state index contributed by atoms with van der Waals surface area (Å²) in [4.78, 5) is 27.0. The van der Waals surface area contributed by atoms with Crippen molar-refractivity contribution in [1.29, 1.82) is 0 Å². The van der Waals surface area contributed by atoms with Gasteiger partial charge in [-0.25, -0.2) is 0 Å². The minimum Gasteiger partial charge on any atom is -0.497 e. The Bertz CT molecular complexity index is 1420. The second-order valence-corrected chi connectivity index (χ2v) is 13.3. The second-order valence-electron chi connectivity index (χ2n) is 13.3. The molecule has 1 fully saturated rings. The maximum Gasteiger partial charge on any atom is 0.222 e. The number of amides is 2. The van der Waals surface area contributed by atoms with Crippen LogP contribution in [0.5, 0.6) is 17.2 Å². The van der Waals surface area contributed by atoms with E-state index in [0.717, 1.165) is 66.0 Å². The van der Waals surface area contributed by atoms with Gasteiger partial charge in [0.05, 0.1) is 34.5 Å². The van der Waals surface area contributed by atoms with Gasteiger partial charge in [0.1, 0.15) is 22.8 Å². The Kier molecular flexibility index (Phi) is 15.2. The molecular weight excluding hydrogens is 644 g/mol. The fraction of sp³-hybridized carbons (Fsp3) is 0.476. The third-order valence-corrected chi connectivity index (χ3v) is 9.96. The van der Waals surface area contributed by atoms with Crippen molar-refractivity contribution in [2.75, 3.05) is 54.2 Å². The van der Waals surface area contributed by atoms with Crippen LogP contribution in [0.25, 0.3) is 0 Å². The number of ether oxygens (including phenoxy) is 4. The van der Waals surface area contributed by atoms with Crippen LogP contribution in [0.2, 0.25) is 0 Å². The molecule has 274 valence electrons. The van der Waals surface area contributed by atoms with E-state index in [0.29, 0.717) is 51.7 Å². The summed E-state index contributed by atoms with van der Waals surface area (Å²) < 4.78 is 23.6. The third-order valence-electron chi connectivity index (χ3n) is 9.96. The number of aliphatic hydroxyl groups is 1. The minimum atomic E-state index is -1.04. The summed E-state index contributed by atoms with van der Waals surface area (Å²) in [5, 5.41) is 13.8. The topological polar surface area (TPSA) is 107 Å². The molecule has 3 aromatic rings. The van der Waals surface area contributed by atoms with Crippen molar-refractivity contribution in [2.24, 2.45) is 5.41 Å². The van der Waals surface area contributed by atoms with Gasteiger partial charge < -0.3 is 34.3 Å². The Morgan fingerprint density at radius 3 is 1.71 bits per heavy atom. The number of terminal acetylenes is 1. The van der Waals surface area contributed by atoms with Crippen LogP contribution in [0.15, 0.2) is 72.8 Å². The van der Waals surface area contributed by atoms with E-state index >= 15 is 0 Å². The molecule has 3 aromatic carbocycles. The largest absolute Gasteiger partial charge is 0.497 e. The lowest BCUT2D eigenvalue weighted by Crippen LogP contribution is -2.48. The summed E-state index contributed by atoms with van der Waals surface area (Å²) in [7, 11) is 4.92. The molecule has 0 atom stereocenters. The van der Waals surface area contributed by atoms with Gasteiger partial charge in [-0.15, -0.1) is 12.3 Å². The molecule has 0 radical (unpaired) electrons. The average molecular weight is 699 g/mol. The van der Waals surface area contributed by atoms with E-state index in [1.54, 1.807) is 21.3 Å². The first-order chi connectivity index (χ1) is 24.8. The van der Waals surface area contributed by atoms with Gasteiger partial charge >= 0.3 is 0 Å². The molecular formula is C42H54N2O7. The number of piperidine rings is 1. The van der Waals surface area contributed by atoms with Crippen molar-refractivity contribution in [1.82, 2.24) is 10.2 Å². The van der Waals surface area contributed by atoms with E-state index in [2.05, 4.69) is 11.2 Å². The van der Waals surface area contributed by atoms with E-state index < -0.39 is 11.0 Å². The molecule has 0 spiro atoms. The molecule has 1 aliphatic heterocycles. The van der Waals surface area contributed by atoms with Gasteiger partial charge in [-0.3, -0.25) is 9.59 Å². The number of carbonyl (C=O) groups is 2. The zero-order valence-electron chi connectivity index (χ0n) is 30.5. The van der Waals surface area contributed by atoms with Crippen LogP contribution in [0.4, 0.5) is 0 Å². The van der Waals surface area contributed by atoms with E-state index in [1.807, 2.05) is 77.7 Å². The fourth-order valence-electron chi connectivity index (χ4n) is 6.63. The first-order valence-corrected chi connectivity index (χ1v) is 18.0. The predicted molar refractivity (Wildman–Crippen MR) is 199 cm³/mol. The lowest BCUT2D eigenvalue weighted by Gasteiger charge is -2.44. The monoisotopic (exact) mass is 698 g/mol. The molecule has 2 amide bonds. The summed E-state index contributed by atoms with van der Waals surface area (Å²) in [6.07, 6.45) is 12.3. The molecule has 0 unspecified atom stereocenters. The zero-order valence-corrected chi connectivity index (χ0v) is 30.5. The number of unbranched alkanes of at least 4 members (excludes halogenated alkanes) is 4. The number of hydrogen-bond acceptors (Lipinski definition) is 7. The van der Waals surface area contributed by atoms with Crippen LogP contribution in [0, 0.1) is 17.8 Å². The molecule has 0 saturated carbocycles. The lowest BCUT2D eigenvalue weighted by atomic mass is 9.77. The zero-order chi connectivity index (χ0) is 36.5. The standard InChI is InChI=1S/C42H54N2O7/c1-5-6-7-9-12-39(46)43-28-11-8-10-13-40(47)44-29-26-41(31-45,27-30-44)32-51-42(33-14-20-36(48-2)21-15-33,34-16-22-37(49-3)23-17-34)35-18-24-38(50-4)25-19-35/h1,14-25,45H,6-13,26-32H2,2-4H3,(H,43,46). The number of nitrogens with one attached hydrogen (secondary N) is 1. The Hall–Kier alpha value is -4.52. The number of benzene rings is 3. The van der Waals surface area contributed by atoms with Crippen LogP contribution in [-0.2, 0) is 19.9 Å². The van der Waals surface area contributed by atoms with Gasteiger partial charge in [0.25, 0.3) is 0 Å². The van der Waals surface area contributed by atoms with E-state index in [-0.39, 0.29) is 25.0 Å². The average Bonchev–Trinajstić information content (AvgIpc) is 3.18. The third kappa shape index (κ3) is 10.5. The van der Waals surface area contributed by atoms with Gasteiger partial charge in [-0.05, 0) is 91.6 Å². The predicted octanol–water partition coefficient (Wildman–Crippen LogP) is 6.49. The number of nitrogens with zero attached hydrogens (tertiary/aromatic N) is 1. The molecule has 2 N–H and O–H groups in total. The Labute approximate surface area is 303 Å². The van der Waals surface area contributed by atoms with Gasteiger partial charge in [0.2, 0.25) is 11.8 Å². The summed E-state index contributed by atoms with van der Waals surface area (Å²) in [5.74, 6) is 4.98. The molecule has 9 nitrogen and oxygen atoms in total. The number of carbonyl (C=O) groups excluding carboxylic acids is 2. The SMILES string of the molecule is C#CCCCCC(=O)NCCCCCC(=O)N1CCC(CO)(COC(c2ccc(OC)cc2)(c2ccc(OC)cc2)c2ccc(OC)cc2)CC1. The first kappa shape index (κ1) is 39.3. The fourth-order valence-corrected chi connectivity index (χ4v) is 6.63. The van der Waals surface area contributed by atoms with Crippen LogP contribution in [0.3, 0.4) is 0 Å². The highest BCUT2D eigenvalue weighted by atomic mass is 16.5. The Balaban J connectivity index is 1.43. The Morgan fingerprint density at radius 1 is 0.765 bits per heavy atom. The molecule has 51 heavy (non-hydrogen) atoms. The molecule has 9 heteroatoms. The van der Waals surface area contributed by atoms with Crippen molar-refractivity contribution in [3.63, 3.8) is 0 Å². The highest BCUT2D eigenvalue weighted by Gasteiger charge is 2.43. The smallest absolute Gasteiger partial charge is 0.222 e. The summed E-state index contributed by atoms with van der Waals surface area (Å²) in [6.45, 7) is 1.94. The Morgan fingerprint density at radius 2 is 1.25 bits per heavy atom. The molecule has 1 heterocycles. The van der Waals surface area contributed by atoms with Gasteiger partial charge in [-0.2, -0.15) is 0 Å².